The number of allylic oxidation sites excluding steroid dienone is 2. The van der Waals surface area contributed by atoms with Crippen LogP contribution in [0.5, 0.6) is 5.75 Å². The van der Waals surface area contributed by atoms with Crippen molar-refractivity contribution in [3.05, 3.63) is 71.2 Å². The van der Waals surface area contributed by atoms with Crippen LogP contribution in [0.4, 0.5) is 4.39 Å². The van der Waals surface area contributed by atoms with E-state index in [0.717, 1.165) is 35.2 Å². The van der Waals surface area contributed by atoms with Crippen LogP contribution in [0.15, 0.2) is 54.3 Å². The van der Waals surface area contributed by atoms with Crippen LogP contribution in [0.3, 0.4) is 0 Å². The topological polar surface area (TPSA) is 26.3 Å². The minimum absolute atomic E-state index is 0.0154. The van der Waals surface area contributed by atoms with Gasteiger partial charge in [-0.2, -0.15) is 0 Å². The number of halogens is 2. The Labute approximate surface area is 143 Å². The van der Waals surface area contributed by atoms with Gasteiger partial charge in [-0.1, -0.05) is 53.2 Å². The maximum Gasteiger partial charge on any atom is 0.132 e. The average molecular weight is 375 g/mol. The van der Waals surface area contributed by atoms with Crippen molar-refractivity contribution in [3.63, 3.8) is 0 Å². The van der Waals surface area contributed by atoms with Crippen molar-refractivity contribution in [2.24, 2.45) is 0 Å². The first kappa shape index (κ1) is 15.9. The van der Waals surface area contributed by atoms with Crippen LogP contribution in [0.25, 0.3) is 5.57 Å². The maximum atomic E-state index is 13.3. The third kappa shape index (κ3) is 2.95. The van der Waals surface area contributed by atoms with E-state index in [1.807, 2.05) is 31.2 Å². The number of hydrogen-bond donors (Lipinski definition) is 0. The molecule has 0 saturated heterocycles. The molecule has 1 aliphatic heterocycles. The molecule has 3 rings (SSSR count). The Morgan fingerprint density at radius 2 is 1.91 bits per heavy atom. The van der Waals surface area contributed by atoms with Gasteiger partial charge in [0.2, 0.25) is 0 Å². The van der Waals surface area contributed by atoms with E-state index in [-0.39, 0.29) is 10.6 Å². The van der Waals surface area contributed by atoms with E-state index in [4.69, 9.17) is 4.74 Å². The number of alkyl halides is 1. The second-order valence-electron chi connectivity index (χ2n) is 5.41. The fraction of sp³-hybridized carbons (Fsp3) is 0.211. The molecular formula is C19H16BrFO2. The summed E-state index contributed by atoms with van der Waals surface area (Å²) in [5.74, 6) is 0.687. The van der Waals surface area contributed by atoms with Gasteiger partial charge in [0.25, 0.3) is 0 Å². The van der Waals surface area contributed by atoms with Gasteiger partial charge in [-0.3, -0.25) is 0 Å². The monoisotopic (exact) mass is 374 g/mol. The highest BCUT2D eigenvalue weighted by Crippen LogP contribution is 2.45. The van der Waals surface area contributed by atoms with Crippen LogP contribution in [-0.2, 0) is 4.79 Å². The molecule has 2 unspecified atom stereocenters. The third-order valence-electron chi connectivity index (χ3n) is 3.98. The predicted octanol–water partition coefficient (Wildman–Crippen LogP) is 5.09. The standard InChI is InChI=1S/C19H16BrFO2/c1-2-16(20)19-18(12-7-9-13(21)10-8-12)15(11-22)14-5-3-4-6-17(14)23-19/h3-11,15-16H,2H2,1H3. The lowest BCUT2D eigenvalue weighted by Gasteiger charge is -2.30. The highest BCUT2D eigenvalue weighted by molar-refractivity contribution is 9.09. The summed E-state index contributed by atoms with van der Waals surface area (Å²) in [4.78, 5) is 11.8. The van der Waals surface area contributed by atoms with Crippen LogP contribution >= 0.6 is 15.9 Å². The Kier molecular flexibility index (Phi) is 4.62. The Hall–Kier alpha value is -1.94. The number of ether oxygens (including phenoxy) is 1. The highest BCUT2D eigenvalue weighted by atomic mass is 79.9. The molecule has 0 spiro atoms. The second kappa shape index (κ2) is 6.67. The number of fused-ring (bicyclic) bond motifs is 1. The average Bonchev–Trinajstić information content (AvgIpc) is 2.60. The number of carbonyl (C=O) groups excluding carboxylic acids is 1. The largest absolute Gasteiger partial charge is 0.460 e. The summed E-state index contributed by atoms with van der Waals surface area (Å²) >= 11 is 3.63. The molecule has 4 heteroatoms. The summed E-state index contributed by atoms with van der Waals surface area (Å²) in [5, 5.41) is 0. The smallest absolute Gasteiger partial charge is 0.132 e. The van der Waals surface area contributed by atoms with Crippen molar-refractivity contribution < 1.29 is 13.9 Å². The van der Waals surface area contributed by atoms with Gasteiger partial charge in [0.1, 0.15) is 23.6 Å². The molecule has 0 saturated carbocycles. The van der Waals surface area contributed by atoms with E-state index in [9.17, 15) is 9.18 Å². The van der Waals surface area contributed by atoms with Crippen molar-refractivity contribution in [2.45, 2.75) is 24.1 Å². The van der Waals surface area contributed by atoms with Gasteiger partial charge in [-0.25, -0.2) is 4.39 Å². The van der Waals surface area contributed by atoms with Crippen LogP contribution in [0.2, 0.25) is 0 Å². The molecule has 1 heterocycles. The van der Waals surface area contributed by atoms with Crippen LogP contribution in [0.1, 0.15) is 30.4 Å². The number of aldehydes is 1. The molecule has 118 valence electrons. The number of carbonyl (C=O) groups is 1. The quantitative estimate of drug-likeness (QED) is 0.550. The minimum Gasteiger partial charge on any atom is -0.460 e. The van der Waals surface area contributed by atoms with Gasteiger partial charge in [0.05, 0.1) is 10.7 Å². The second-order valence-corrected chi connectivity index (χ2v) is 6.52. The van der Waals surface area contributed by atoms with E-state index in [2.05, 4.69) is 15.9 Å². The molecule has 0 N–H and O–H groups in total. The fourth-order valence-corrected chi connectivity index (χ4v) is 3.16. The summed E-state index contributed by atoms with van der Waals surface area (Å²) in [6.07, 6.45) is 1.74. The van der Waals surface area contributed by atoms with Crippen LogP contribution in [-0.4, -0.2) is 11.1 Å². The summed E-state index contributed by atoms with van der Waals surface area (Å²) < 4.78 is 19.4. The van der Waals surface area contributed by atoms with Gasteiger partial charge in [-0.05, 0) is 30.2 Å². The van der Waals surface area contributed by atoms with E-state index >= 15 is 0 Å². The van der Waals surface area contributed by atoms with Gasteiger partial charge in [0.15, 0.2) is 0 Å². The lowest BCUT2D eigenvalue weighted by molar-refractivity contribution is -0.108. The van der Waals surface area contributed by atoms with Gasteiger partial charge < -0.3 is 9.53 Å². The zero-order valence-electron chi connectivity index (χ0n) is 12.6. The Morgan fingerprint density at radius 3 is 2.57 bits per heavy atom. The normalized spacial score (nSPS) is 18.1. The number of para-hydroxylation sites is 1. The Bertz CT molecular complexity index is 752. The van der Waals surface area contributed by atoms with E-state index in [0.29, 0.717) is 5.75 Å². The first-order chi connectivity index (χ1) is 11.2. The summed E-state index contributed by atoms with van der Waals surface area (Å²) in [5.41, 5.74) is 2.43. The number of rotatable bonds is 4. The SMILES string of the molecule is CCC(Br)C1=C(c2ccc(F)cc2)C(C=O)c2ccccc2O1. The molecular weight excluding hydrogens is 359 g/mol. The van der Waals surface area contributed by atoms with Gasteiger partial charge in [0, 0.05) is 11.1 Å². The molecule has 0 radical (unpaired) electrons. The fourth-order valence-electron chi connectivity index (χ4n) is 2.82. The molecule has 2 aromatic carbocycles. The molecule has 2 atom stereocenters. The molecule has 0 bridgehead atoms. The third-order valence-corrected chi connectivity index (χ3v) is 5.05. The molecule has 23 heavy (non-hydrogen) atoms. The minimum atomic E-state index is -0.424. The van der Waals surface area contributed by atoms with Crippen LogP contribution in [0, 0.1) is 5.82 Å². The molecule has 2 aromatic rings. The van der Waals surface area contributed by atoms with E-state index in [1.54, 1.807) is 12.1 Å². The van der Waals surface area contributed by atoms with Crippen molar-refractivity contribution >= 4 is 27.8 Å². The molecule has 0 aromatic heterocycles. The molecule has 2 nitrogen and oxygen atoms in total. The van der Waals surface area contributed by atoms with E-state index < -0.39 is 5.92 Å². The lowest BCUT2D eigenvalue weighted by atomic mass is 9.84. The predicted molar refractivity (Wildman–Crippen MR) is 92.2 cm³/mol. The zero-order chi connectivity index (χ0) is 16.4. The highest BCUT2D eigenvalue weighted by Gasteiger charge is 2.32. The van der Waals surface area contributed by atoms with Crippen molar-refractivity contribution in [1.29, 1.82) is 0 Å². The van der Waals surface area contributed by atoms with Crippen molar-refractivity contribution in [3.8, 4) is 5.75 Å². The summed E-state index contributed by atoms with van der Waals surface area (Å²) in [7, 11) is 0. The van der Waals surface area contributed by atoms with Crippen molar-refractivity contribution in [2.75, 3.05) is 0 Å². The van der Waals surface area contributed by atoms with Crippen LogP contribution < -0.4 is 4.74 Å². The lowest BCUT2D eigenvalue weighted by Crippen LogP contribution is -2.21. The molecule has 0 amide bonds. The summed E-state index contributed by atoms with van der Waals surface area (Å²) in [6, 6.07) is 13.7. The first-order valence-corrected chi connectivity index (χ1v) is 8.43. The number of benzene rings is 2. The van der Waals surface area contributed by atoms with Gasteiger partial charge in [-0.15, -0.1) is 0 Å². The van der Waals surface area contributed by atoms with Crippen molar-refractivity contribution in [1.82, 2.24) is 0 Å². The van der Waals surface area contributed by atoms with Gasteiger partial charge >= 0.3 is 0 Å². The number of hydrogen-bond acceptors (Lipinski definition) is 2. The maximum absolute atomic E-state index is 13.3. The summed E-state index contributed by atoms with van der Waals surface area (Å²) in [6.45, 7) is 2.04. The first-order valence-electron chi connectivity index (χ1n) is 7.51. The molecule has 1 aliphatic rings. The molecule has 0 fully saturated rings. The van der Waals surface area contributed by atoms with E-state index in [1.165, 1.54) is 12.1 Å². The zero-order valence-corrected chi connectivity index (χ0v) is 14.2. The Morgan fingerprint density at radius 1 is 1.22 bits per heavy atom. The molecule has 0 aliphatic carbocycles. The Balaban J connectivity index is 2.21.